The fourth-order valence-electron chi connectivity index (χ4n) is 3.89. The molecule has 0 atom stereocenters. The molecule has 0 saturated carbocycles. The van der Waals surface area contributed by atoms with Crippen LogP contribution in [0.3, 0.4) is 0 Å². The Morgan fingerprint density at radius 2 is 2.15 bits per heavy atom. The van der Waals surface area contributed by atoms with Crippen LogP contribution in [0.5, 0.6) is 5.75 Å². The molecule has 3 aromatic rings. The van der Waals surface area contributed by atoms with Crippen molar-refractivity contribution in [2.45, 2.75) is 40.4 Å². The number of carbonyl (C=O) groups excluding carboxylic acids is 1. The molecule has 0 spiro atoms. The van der Waals surface area contributed by atoms with Crippen LogP contribution in [0.1, 0.15) is 45.4 Å². The van der Waals surface area contributed by atoms with Gasteiger partial charge in [-0.25, -0.2) is 9.79 Å². The largest absolute Gasteiger partial charge is 0.496 e. The molecule has 1 aliphatic heterocycles. The van der Waals surface area contributed by atoms with Crippen LogP contribution in [0.25, 0.3) is 0 Å². The highest BCUT2D eigenvalue weighted by atomic mass is 16.5. The molecular weight excluding hydrogens is 420 g/mol. The summed E-state index contributed by atoms with van der Waals surface area (Å²) in [6.07, 6.45) is 3.46. The highest BCUT2D eigenvalue weighted by Crippen LogP contribution is 2.28. The molecule has 172 valence electrons. The Morgan fingerprint density at radius 1 is 1.30 bits per heavy atom. The molecule has 0 bridgehead atoms. The SMILES string of the molecule is CCOC(=O)c1ccc2c(c1)NC(=NCc1ncc(C)c(OC)c1C)N(Cc1ccco1)C2. The lowest BCUT2D eigenvalue weighted by Crippen LogP contribution is -2.39. The lowest BCUT2D eigenvalue weighted by molar-refractivity contribution is 0.0526. The second-order valence-corrected chi connectivity index (χ2v) is 7.84. The highest BCUT2D eigenvalue weighted by Gasteiger charge is 2.23. The van der Waals surface area contributed by atoms with Gasteiger partial charge in [0, 0.05) is 29.6 Å². The second-order valence-electron chi connectivity index (χ2n) is 7.84. The summed E-state index contributed by atoms with van der Waals surface area (Å²) in [6, 6.07) is 9.35. The number of fused-ring (bicyclic) bond motifs is 1. The van der Waals surface area contributed by atoms with Crippen molar-refractivity contribution in [1.29, 1.82) is 0 Å². The van der Waals surface area contributed by atoms with Crippen molar-refractivity contribution in [3.05, 3.63) is 76.5 Å². The van der Waals surface area contributed by atoms with Gasteiger partial charge in [0.05, 0.1) is 44.3 Å². The van der Waals surface area contributed by atoms with E-state index in [9.17, 15) is 4.79 Å². The number of rotatable bonds is 7. The van der Waals surface area contributed by atoms with Gasteiger partial charge in [-0.15, -0.1) is 0 Å². The number of nitrogens with one attached hydrogen (secondary N) is 1. The number of pyridine rings is 1. The molecule has 4 rings (SSSR count). The number of carbonyl (C=O) groups is 1. The maximum absolute atomic E-state index is 12.2. The number of hydrogen-bond donors (Lipinski definition) is 1. The third kappa shape index (κ3) is 4.84. The van der Waals surface area contributed by atoms with Crippen LogP contribution < -0.4 is 10.1 Å². The molecule has 0 saturated heterocycles. The predicted octanol–water partition coefficient (Wildman–Crippen LogP) is 4.46. The van der Waals surface area contributed by atoms with Crippen molar-refractivity contribution in [2.24, 2.45) is 4.99 Å². The van der Waals surface area contributed by atoms with Gasteiger partial charge < -0.3 is 24.1 Å². The van der Waals surface area contributed by atoms with E-state index >= 15 is 0 Å². The van der Waals surface area contributed by atoms with Crippen LogP contribution >= 0.6 is 0 Å². The van der Waals surface area contributed by atoms with Crippen LogP contribution in [0.2, 0.25) is 0 Å². The van der Waals surface area contributed by atoms with Gasteiger partial charge in [-0.2, -0.15) is 0 Å². The number of anilines is 1. The Hall–Kier alpha value is -3.81. The number of aryl methyl sites for hydroxylation is 1. The molecule has 0 unspecified atom stereocenters. The van der Waals surface area contributed by atoms with Gasteiger partial charge in [0.25, 0.3) is 0 Å². The molecule has 1 aromatic carbocycles. The Balaban J connectivity index is 1.65. The molecule has 3 heterocycles. The minimum Gasteiger partial charge on any atom is -0.496 e. The molecule has 0 fully saturated rings. The van der Waals surface area contributed by atoms with Crippen molar-refractivity contribution >= 4 is 17.6 Å². The normalized spacial score (nSPS) is 14.1. The maximum Gasteiger partial charge on any atom is 0.338 e. The van der Waals surface area contributed by atoms with E-state index in [4.69, 9.17) is 18.9 Å². The smallest absolute Gasteiger partial charge is 0.338 e. The van der Waals surface area contributed by atoms with E-state index in [1.165, 1.54) is 0 Å². The molecule has 0 aliphatic carbocycles. The number of benzene rings is 1. The zero-order valence-corrected chi connectivity index (χ0v) is 19.3. The van der Waals surface area contributed by atoms with Gasteiger partial charge in [0.15, 0.2) is 5.96 Å². The van der Waals surface area contributed by atoms with Crippen LogP contribution in [-0.4, -0.2) is 35.5 Å². The van der Waals surface area contributed by atoms with Crippen molar-refractivity contribution in [3.63, 3.8) is 0 Å². The average molecular weight is 449 g/mol. The summed E-state index contributed by atoms with van der Waals surface area (Å²) in [7, 11) is 1.66. The second kappa shape index (κ2) is 9.77. The Morgan fingerprint density at radius 3 is 2.88 bits per heavy atom. The summed E-state index contributed by atoms with van der Waals surface area (Å²) in [5, 5.41) is 3.39. The Kier molecular flexibility index (Phi) is 6.63. The van der Waals surface area contributed by atoms with Crippen molar-refractivity contribution < 1.29 is 18.7 Å². The van der Waals surface area contributed by atoms with E-state index in [0.717, 1.165) is 39.6 Å². The zero-order valence-electron chi connectivity index (χ0n) is 19.3. The van der Waals surface area contributed by atoms with E-state index in [-0.39, 0.29) is 5.97 Å². The molecule has 2 aromatic heterocycles. The summed E-state index contributed by atoms with van der Waals surface area (Å²) in [6.45, 7) is 7.65. The standard InChI is InChI=1S/C25H28N4O4/c1-5-32-24(30)18-8-9-19-14-29(15-20-7-6-10-33-20)25(28-21(19)11-18)27-13-22-17(3)23(31-4)16(2)12-26-22/h6-12H,5,13-15H2,1-4H3,(H,27,28). The number of aromatic nitrogens is 1. The van der Waals surface area contributed by atoms with Crippen LogP contribution in [-0.2, 0) is 24.4 Å². The number of nitrogens with zero attached hydrogens (tertiary/aromatic N) is 3. The number of hydrogen-bond acceptors (Lipinski definition) is 6. The molecule has 8 heteroatoms. The first-order valence-electron chi connectivity index (χ1n) is 10.9. The Labute approximate surface area is 193 Å². The molecule has 1 aliphatic rings. The molecule has 33 heavy (non-hydrogen) atoms. The van der Waals surface area contributed by atoms with E-state index in [1.807, 2.05) is 38.1 Å². The lowest BCUT2D eigenvalue weighted by atomic mass is 10.1. The van der Waals surface area contributed by atoms with E-state index < -0.39 is 0 Å². The Bertz CT molecular complexity index is 1170. The number of methoxy groups -OCH3 is 1. The molecule has 8 nitrogen and oxygen atoms in total. The number of ether oxygens (including phenoxy) is 2. The minimum absolute atomic E-state index is 0.333. The number of aliphatic imine (C=N–C) groups is 1. The number of furan rings is 1. The van der Waals surface area contributed by atoms with Gasteiger partial charge >= 0.3 is 5.97 Å². The fraction of sp³-hybridized carbons (Fsp3) is 0.320. The molecule has 1 N–H and O–H groups in total. The topological polar surface area (TPSA) is 89.2 Å². The zero-order chi connectivity index (χ0) is 23.4. The van der Waals surface area contributed by atoms with Gasteiger partial charge in [-0.1, -0.05) is 6.07 Å². The fourth-order valence-corrected chi connectivity index (χ4v) is 3.89. The van der Waals surface area contributed by atoms with E-state index in [1.54, 1.807) is 32.6 Å². The maximum atomic E-state index is 12.2. The lowest BCUT2D eigenvalue weighted by Gasteiger charge is -2.32. The summed E-state index contributed by atoms with van der Waals surface area (Å²) in [5.74, 6) is 2.00. The quantitative estimate of drug-likeness (QED) is 0.534. The van der Waals surface area contributed by atoms with Crippen molar-refractivity contribution in [2.75, 3.05) is 19.0 Å². The van der Waals surface area contributed by atoms with Crippen molar-refractivity contribution in [1.82, 2.24) is 9.88 Å². The summed E-state index contributed by atoms with van der Waals surface area (Å²) in [5.41, 5.74) is 5.20. The van der Waals surface area contributed by atoms with E-state index in [2.05, 4.69) is 15.2 Å². The van der Waals surface area contributed by atoms with Gasteiger partial charge in [0.1, 0.15) is 11.5 Å². The molecule has 0 radical (unpaired) electrons. The van der Waals surface area contributed by atoms with Gasteiger partial charge in [0.2, 0.25) is 0 Å². The van der Waals surface area contributed by atoms with Crippen molar-refractivity contribution in [3.8, 4) is 5.75 Å². The summed E-state index contributed by atoms with van der Waals surface area (Å²) < 4.78 is 16.2. The summed E-state index contributed by atoms with van der Waals surface area (Å²) >= 11 is 0. The van der Waals surface area contributed by atoms with Gasteiger partial charge in [-0.05, 0) is 50.6 Å². The number of guanidine groups is 1. The molecule has 0 amide bonds. The third-order valence-corrected chi connectivity index (χ3v) is 5.58. The first-order valence-corrected chi connectivity index (χ1v) is 10.9. The predicted molar refractivity (Wildman–Crippen MR) is 125 cm³/mol. The van der Waals surface area contributed by atoms with E-state index in [0.29, 0.717) is 37.8 Å². The minimum atomic E-state index is -0.342. The van der Waals surface area contributed by atoms with Gasteiger partial charge in [-0.3, -0.25) is 4.98 Å². The average Bonchev–Trinajstić information content (AvgIpc) is 3.32. The monoisotopic (exact) mass is 448 g/mol. The van der Waals surface area contributed by atoms with Crippen LogP contribution in [0, 0.1) is 13.8 Å². The molecular formula is C25H28N4O4. The summed E-state index contributed by atoms with van der Waals surface area (Å²) in [4.78, 5) is 23.7. The first-order chi connectivity index (χ1) is 16.0. The van der Waals surface area contributed by atoms with Crippen LogP contribution in [0.15, 0.2) is 52.2 Å². The first kappa shape index (κ1) is 22.4. The highest BCUT2D eigenvalue weighted by molar-refractivity contribution is 5.98. The number of esters is 1. The third-order valence-electron chi connectivity index (χ3n) is 5.58. The van der Waals surface area contributed by atoms with Crippen LogP contribution in [0.4, 0.5) is 5.69 Å².